The normalized spacial score (nSPS) is 16.3. The van der Waals surface area contributed by atoms with Crippen molar-refractivity contribution in [2.75, 3.05) is 35.6 Å². The first-order valence-electron chi connectivity index (χ1n) is 13.2. The Morgan fingerprint density at radius 3 is 2.51 bits per heavy atom. The molecule has 0 amide bonds. The molecule has 3 N–H and O–H groups in total. The van der Waals surface area contributed by atoms with E-state index in [2.05, 4.69) is 117 Å². The first-order valence-corrected chi connectivity index (χ1v) is 13.8. The third kappa shape index (κ3) is 6.74. The second-order valence-corrected chi connectivity index (χ2v) is 11.2. The van der Waals surface area contributed by atoms with Gasteiger partial charge in [0.2, 0.25) is 0 Å². The molecule has 2 aromatic carbocycles. The standard InChI is InChI=1S/C31H45N3S/c1-30(2,25-15-5-7-17-27(25)33-22-12-14-24-35)20-10-9-19-29-31(3,4)26-16-6-8-18-28(26)34(29)23-13-11-21-32/h5-10,15-19,33,35H,11-14,20-24,32H2,1-4H3/b10-9+,29-19+. The van der Waals surface area contributed by atoms with Crippen molar-refractivity contribution in [3.05, 3.63) is 83.6 Å². The van der Waals surface area contributed by atoms with E-state index in [0.717, 1.165) is 57.5 Å². The number of hydrogen-bond donors (Lipinski definition) is 3. The van der Waals surface area contributed by atoms with Crippen LogP contribution in [0.15, 0.2) is 72.5 Å². The van der Waals surface area contributed by atoms with Crippen LogP contribution in [0.4, 0.5) is 11.4 Å². The second kappa shape index (κ2) is 12.7. The SMILES string of the molecule is CC(C)(C/C=C/C=C1/N(CCCCN)c2ccccc2C1(C)C)c1ccccc1NCCCCS. The molecule has 1 heterocycles. The number of thiol groups is 1. The van der Waals surface area contributed by atoms with Crippen LogP contribution in [-0.4, -0.2) is 25.4 Å². The summed E-state index contributed by atoms with van der Waals surface area (Å²) < 4.78 is 0. The van der Waals surface area contributed by atoms with Gasteiger partial charge in [-0.1, -0.05) is 76.2 Å². The lowest BCUT2D eigenvalue weighted by Crippen LogP contribution is -2.27. The van der Waals surface area contributed by atoms with Crippen molar-refractivity contribution in [3.8, 4) is 0 Å². The molecule has 0 saturated heterocycles. The highest BCUT2D eigenvalue weighted by molar-refractivity contribution is 7.80. The average molecular weight is 492 g/mol. The molecule has 1 aliphatic rings. The van der Waals surface area contributed by atoms with Crippen LogP contribution in [0.2, 0.25) is 0 Å². The molecule has 0 spiro atoms. The van der Waals surface area contributed by atoms with E-state index in [-0.39, 0.29) is 10.8 Å². The van der Waals surface area contributed by atoms with Gasteiger partial charge in [-0.15, -0.1) is 0 Å². The van der Waals surface area contributed by atoms with Crippen LogP contribution < -0.4 is 16.0 Å². The van der Waals surface area contributed by atoms with Gasteiger partial charge < -0.3 is 16.0 Å². The maximum absolute atomic E-state index is 5.78. The predicted octanol–water partition coefficient (Wildman–Crippen LogP) is 7.45. The Bertz CT molecular complexity index is 1010. The number of nitrogens with two attached hydrogens (primary N) is 1. The Labute approximate surface area is 219 Å². The molecule has 190 valence electrons. The van der Waals surface area contributed by atoms with E-state index in [4.69, 9.17) is 5.73 Å². The summed E-state index contributed by atoms with van der Waals surface area (Å²) in [6.07, 6.45) is 12.4. The smallest absolute Gasteiger partial charge is 0.0450 e. The molecule has 0 atom stereocenters. The second-order valence-electron chi connectivity index (χ2n) is 10.8. The van der Waals surface area contributed by atoms with E-state index in [0.29, 0.717) is 0 Å². The highest BCUT2D eigenvalue weighted by Gasteiger charge is 2.39. The highest BCUT2D eigenvalue weighted by Crippen LogP contribution is 2.47. The molecule has 0 radical (unpaired) electrons. The largest absolute Gasteiger partial charge is 0.385 e. The number of para-hydroxylation sites is 2. The monoisotopic (exact) mass is 491 g/mol. The molecule has 0 fully saturated rings. The molecule has 4 heteroatoms. The van der Waals surface area contributed by atoms with E-state index < -0.39 is 0 Å². The van der Waals surface area contributed by atoms with Gasteiger partial charge in [0.05, 0.1) is 0 Å². The minimum atomic E-state index is -0.0112. The van der Waals surface area contributed by atoms with Crippen molar-refractivity contribution in [2.24, 2.45) is 5.73 Å². The summed E-state index contributed by atoms with van der Waals surface area (Å²) in [5.41, 5.74) is 12.6. The molecule has 0 unspecified atom stereocenters. The number of anilines is 2. The molecule has 1 aliphatic heterocycles. The first kappa shape index (κ1) is 27.4. The molecule has 0 saturated carbocycles. The number of nitrogens with one attached hydrogen (secondary N) is 1. The van der Waals surface area contributed by atoms with Crippen molar-refractivity contribution in [2.45, 2.75) is 70.6 Å². The molecular weight excluding hydrogens is 446 g/mol. The number of nitrogens with zero attached hydrogens (tertiary/aromatic N) is 1. The summed E-state index contributed by atoms with van der Waals surface area (Å²) in [4.78, 5) is 2.50. The number of allylic oxidation sites excluding steroid dienone is 4. The van der Waals surface area contributed by atoms with Crippen LogP contribution in [0.5, 0.6) is 0 Å². The van der Waals surface area contributed by atoms with Crippen LogP contribution >= 0.6 is 12.6 Å². The quantitative estimate of drug-likeness (QED) is 0.201. The minimum absolute atomic E-state index is 0.0112. The van der Waals surface area contributed by atoms with Crippen LogP contribution in [0.25, 0.3) is 0 Å². The molecule has 35 heavy (non-hydrogen) atoms. The predicted molar refractivity (Wildman–Crippen MR) is 158 cm³/mol. The van der Waals surface area contributed by atoms with Gasteiger partial charge >= 0.3 is 0 Å². The van der Waals surface area contributed by atoms with Crippen LogP contribution in [0.1, 0.15) is 70.9 Å². The molecule has 3 nitrogen and oxygen atoms in total. The Morgan fingerprint density at radius 1 is 1.00 bits per heavy atom. The minimum Gasteiger partial charge on any atom is -0.385 e. The molecule has 3 rings (SSSR count). The van der Waals surface area contributed by atoms with Crippen molar-refractivity contribution in [1.82, 2.24) is 0 Å². The lowest BCUT2D eigenvalue weighted by atomic mass is 9.80. The fourth-order valence-corrected chi connectivity index (χ4v) is 5.34. The van der Waals surface area contributed by atoms with Gasteiger partial charge in [-0.2, -0.15) is 12.6 Å². The van der Waals surface area contributed by atoms with E-state index >= 15 is 0 Å². The number of hydrogen-bond acceptors (Lipinski definition) is 4. The maximum Gasteiger partial charge on any atom is 0.0450 e. The van der Waals surface area contributed by atoms with Crippen molar-refractivity contribution in [3.63, 3.8) is 0 Å². The summed E-state index contributed by atoms with van der Waals surface area (Å²) in [7, 11) is 0. The van der Waals surface area contributed by atoms with Crippen molar-refractivity contribution < 1.29 is 0 Å². The maximum atomic E-state index is 5.78. The Hall–Kier alpha value is -2.17. The summed E-state index contributed by atoms with van der Waals surface area (Å²) >= 11 is 4.33. The van der Waals surface area contributed by atoms with Crippen molar-refractivity contribution in [1.29, 1.82) is 0 Å². The molecule has 0 aromatic heterocycles. The van der Waals surface area contributed by atoms with E-state index in [1.807, 2.05) is 0 Å². The van der Waals surface area contributed by atoms with Gasteiger partial charge in [0, 0.05) is 35.6 Å². The summed E-state index contributed by atoms with van der Waals surface area (Å²) in [5, 5.41) is 3.65. The lowest BCUT2D eigenvalue weighted by molar-refractivity contribution is 0.535. The number of unbranched alkanes of at least 4 members (excludes halogenated alkanes) is 2. The summed E-state index contributed by atoms with van der Waals surface area (Å²) in [6.45, 7) is 12.1. The van der Waals surface area contributed by atoms with Gasteiger partial charge in [-0.25, -0.2) is 0 Å². The average Bonchev–Trinajstić information content (AvgIpc) is 3.06. The fourth-order valence-electron chi connectivity index (χ4n) is 5.12. The molecule has 0 aliphatic carbocycles. The van der Waals surface area contributed by atoms with E-state index in [9.17, 15) is 0 Å². The van der Waals surface area contributed by atoms with E-state index in [1.54, 1.807) is 0 Å². The topological polar surface area (TPSA) is 41.3 Å². The van der Waals surface area contributed by atoms with E-state index in [1.165, 1.54) is 28.2 Å². The zero-order chi connectivity index (χ0) is 25.3. The third-order valence-electron chi connectivity index (χ3n) is 7.21. The third-order valence-corrected chi connectivity index (χ3v) is 7.53. The number of benzene rings is 2. The number of rotatable bonds is 13. The molecule has 0 bridgehead atoms. The Balaban J connectivity index is 1.76. The first-order chi connectivity index (χ1) is 16.8. The van der Waals surface area contributed by atoms with Crippen LogP contribution in [0.3, 0.4) is 0 Å². The van der Waals surface area contributed by atoms with Gasteiger partial charge in [0.1, 0.15) is 0 Å². The summed E-state index contributed by atoms with van der Waals surface area (Å²) in [6, 6.07) is 17.6. The fraction of sp³-hybridized carbons (Fsp3) is 0.484. The summed E-state index contributed by atoms with van der Waals surface area (Å²) in [5.74, 6) is 0.946. The van der Waals surface area contributed by atoms with Gasteiger partial charge in [-0.05, 0) is 79.2 Å². The number of fused-ring (bicyclic) bond motifs is 1. The molecular formula is C31H45N3S. The van der Waals surface area contributed by atoms with Gasteiger partial charge in [0.15, 0.2) is 0 Å². The van der Waals surface area contributed by atoms with Gasteiger partial charge in [0.25, 0.3) is 0 Å². The van der Waals surface area contributed by atoms with Gasteiger partial charge in [-0.3, -0.25) is 0 Å². The van der Waals surface area contributed by atoms with Crippen molar-refractivity contribution >= 4 is 24.0 Å². The Morgan fingerprint density at radius 2 is 1.74 bits per heavy atom. The zero-order valence-electron chi connectivity index (χ0n) is 22.2. The highest BCUT2D eigenvalue weighted by atomic mass is 32.1. The lowest BCUT2D eigenvalue weighted by Gasteiger charge is -2.28. The molecule has 2 aromatic rings. The Kier molecular flexibility index (Phi) is 9.94. The van der Waals surface area contributed by atoms with Crippen LogP contribution in [0, 0.1) is 0 Å². The van der Waals surface area contributed by atoms with Crippen LogP contribution in [-0.2, 0) is 10.8 Å². The zero-order valence-corrected chi connectivity index (χ0v) is 23.1.